The number of nitrogens with zero attached hydrogens (tertiary/aromatic N) is 4. The Bertz CT molecular complexity index is 1330. The lowest BCUT2D eigenvalue weighted by atomic mass is 10.2. The summed E-state index contributed by atoms with van der Waals surface area (Å²) in [7, 11) is -5.48. The van der Waals surface area contributed by atoms with Gasteiger partial charge in [0.2, 0.25) is 5.95 Å². The number of aryl methyl sites for hydroxylation is 1. The van der Waals surface area contributed by atoms with Gasteiger partial charge in [0.05, 0.1) is 31.4 Å². The number of nitrogen functional groups attached to an aromatic ring is 1. The molecule has 1 aromatic carbocycles. The third-order valence-corrected chi connectivity index (χ3v) is 8.23. The number of aromatic nitrogens is 4. The molecule has 38 heavy (non-hydrogen) atoms. The van der Waals surface area contributed by atoms with Crippen LogP contribution in [0.4, 0.5) is 32.3 Å². The first-order chi connectivity index (χ1) is 17.5. The predicted octanol–water partition coefficient (Wildman–Crippen LogP) is 5.81. The largest absolute Gasteiger partial charge is 0.390 e. The smallest absolute Gasteiger partial charge is 0.368 e. The van der Waals surface area contributed by atoms with Gasteiger partial charge in [0.1, 0.15) is 16.1 Å². The third kappa shape index (κ3) is 7.38. The Morgan fingerprint density at radius 2 is 1.74 bits per heavy atom. The zero-order valence-electron chi connectivity index (χ0n) is 19.7. The second-order valence-corrected chi connectivity index (χ2v) is 12.1. The van der Waals surface area contributed by atoms with Crippen molar-refractivity contribution in [3.63, 3.8) is 0 Å². The zero-order valence-corrected chi connectivity index (χ0v) is 21.4. The minimum absolute atomic E-state index is 0.0575. The maximum absolute atomic E-state index is 12.8. The molecule has 17 heteroatoms. The summed E-state index contributed by atoms with van der Waals surface area (Å²) < 4.78 is 95.0. The van der Waals surface area contributed by atoms with Gasteiger partial charge in [-0.2, -0.15) is 31.3 Å². The van der Waals surface area contributed by atoms with Crippen molar-refractivity contribution < 1.29 is 45.4 Å². The van der Waals surface area contributed by atoms with E-state index in [2.05, 4.69) is 19.6 Å². The molecule has 1 unspecified atom stereocenters. The zero-order chi connectivity index (χ0) is 27.9. The van der Waals surface area contributed by atoms with Crippen LogP contribution in [0.2, 0.25) is 0 Å². The number of hydrogen-bond donors (Lipinski definition) is 2. The standard InChI is InChI=1S/C21H22F6N5O4PS/c1-12-2-4-14(5-3-12)38-17-15-16(30-18(28)31-17)32(11-29-15)10-19(6-7-19)35-36-37(33,34)13(8-20(22,23)24)9-21(25,26)27/h2-5,11,13H,6-10H2,1H3,(H,33,34)(H2,28,30,31). The van der Waals surface area contributed by atoms with Gasteiger partial charge in [-0.1, -0.05) is 29.5 Å². The van der Waals surface area contributed by atoms with Crippen LogP contribution in [-0.2, 0) is 20.7 Å². The molecule has 0 radical (unpaired) electrons. The monoisotopic (exact) mass is 585 g/mol. The molecule has 3 aromatic rings. The van der Waals surface area contributed by atoms with Crippen molar-refractivity contribution in [2.75, 3.05) is 5.73 Å². The van der Waals surface area contributed by atoms with Crippen molar-refractivity contribution in [3.8, 4) is 0 Å². The molecule has 0 bridgehead atoms. The van der Waals surface area contributed by atoms with E-state index in [0.717, 1.165) is 10.5 Å². The molecule has 1 atom stereocenters. The predicted molar refractivity (Wildman–Crippen MR) is 124 cm³/mol. The summed E-state index contributed by atoms with van der Waals surface area (Å²) in [5.41, 5.74) is 3.57. The number of alkyl halides is 6. The van der Waals surface area contributed by atoms with E-state index < -0.39 is 44.1 Å². The molecule has 208 valence electrons. The highest BCUT2D eigenvalue weighted by Gasteiger charge is 2.52. The Kier molecular flexibility index (Phi) is 7.76. The van der Waals surface area contributed by atoms with Gasteiger partial charge in [-0.15, -0.1) is 4.67 Å². The molecular formula is C21H22F6N5O4PS. The summed E-state index contributed by atoms with van der Waals surface area (Å²) >= 11 is 1.30. The summed E-state index contributed by atoms with van der Waals surface area (Å²) in [4.78, 5) is 28.6. The average molecular weight is 585 g/mol. The van der Waals surface area contributed by atoms with Gasteiger partial charge < -0.3 is 15.2 Å². The molecular weight excluding hydrogens is 563 g/mol. The van der Waals surface area contributed by atoms with Crippen LogP contribution in [0.15, 0.2) is 40.5 Å². The van der Waals surface area contributed by atoms with E-state index in [4.69, 9.17) is 10.6 Å². The average Bonchev–Trinajstić information content (AvgIpc) is 3.44. The molecule has 0 aliphatic heterocycles. The number of halogens is 6. The van der Waals surface area contributed by atoms with Gasteiger partial charge in [0, 0.05) is 4.90 Å². The summed E-state index contributed by atoms with van der Waals surface area (Å²) in [6.07, 6.45) is -12.7. The van der Waals surface area contributed by atoms with Crippen LogP contribution in [0.5, 0.6) is 0 Å². The first-order valence-corrected chi connectivity index (χ1v) is 13.6. The quantitative estimate of drug-likeness (QED) is 0.0997. The van der Waals surface area contributed by atoms with Crippen molar-refractivity contribution in [2.24, 2.45) is 0 Å². The molecule has 2 aromatic heterocycles. The lowest BCUT2D eigenvalue weighted by Crippen LogP contribution is -2.28. The van der Waals surface area contributed by atoms with Crippen LogP contribution in [0.3, 0.4) is 0 Å². The van der Waals surface area contributed by atoms with Crippen LogP contribution >= 0.6 is 19.4 Å². The van der Waals surface area contributed by atoms with Gasteiger partial charge in [0.15, 0.2) is 5.65 Å². The van der Waals surface area contributed by atoms with Gasteiger partial charge in [0.25, 0.3) is 0 Å². The fourth-order valence-corrected chi connectivity index (χ4v) is 5.72. The number of benzene rings is 1. The number of anilines is 1. The Hall–Kier alpha value is -2.39. The van der Waals surface area contributed by atoms with Crippen LogP contribution in [0.1, 0.15) is 31.2 Å². The summed E-state index contributed by atoms with van der Waals surface area (Å²) in [5, 5.41) is 0.458. The Balaban J connectivity index is 1.50. The molecule has 9 nitrogen and oxygen atoms in total. The number of hydrogen-bond acceptors (Lipinski definition) is 8. The Morgan fingerprint density at radius 1 is 1.13 bits per heavy atom. The lowest BCUT2D eigenvalue weighted by molar-refractivity contribution is -0.268. The van der Waals surface area contributed by atoms with E-state index in [1.807, 2.05) is 31.2 Å². The molecule has 1 saturated carbocycles. The molecule has 1 fully saturated rings. The van der Waals surface area contributed by atoms with E-state index in [9.17, 15) is 35.8 Å². The van der Waals surface area contributed by atoms with E-state index in [0.29, 0.717) is 16.2 Å². The minimum atomic E-state index is -5.48. The van der Waals surface area contributed by atoms with Crippen LogP contribution in [0, 0.1) is 6.92 Å². The summed E-state index contributed by atoms with van der Waals surface area (Å²) in [6.45, 7) is 1.87. The van der Waals surface area contributed by atoms with E-state index >= 15 is 0 Å². The van der Waals surface area contributed by atoms with E-state index in [-0.39, 0.29) is 25.3 Å². The minimum Gasteiger partial charge on any atom is -0.368 e. The van der Waals surface area contributed by atoms with Gasteiger partial charge in [-0.25, -0.2) is 14.9 Å². The molecule has 2 heterocycles. The highest BCUT2D eigenvalue weighted by molar-refractivity contribution is 7.99. The Morgan fingerprint density at radius 3 is 2.29 bits per heavy atom. The molecule has 3 N–H and O–H groups in total. The van der Waals surface area contributed by atoms with E-state index in [1.54, 1.807) is 0 Å². The number of rotatable bonds is 10. The van der Waals surface area contributed by atoms with Crippen LogP contribution in [-0.4, -0.2) is 48.0 Å². The van der Waals surface area contributed by atoms with Crippen molar-refractivity contribution in [2.45, 2.75) is 72.7 Å². The summed E-state index contributed by atoms with van der Waals surface area (Å²) in [6, 6.07) is 7.63. The SMILES string of the molecule is Cc1ccc(Sc2nc(N)nc3c2ncn3CC2(OOP(=O)(O)C(CC(F)(F)F)CC(F)(F)F)CC2)cc1. The Labute approximate surface area is 216 Å². The fraction of sp³-hybridized carbons (Fsp3) is 0.476. The molecule has 0 spiro atoms. The van der Waals surface area contributed by atoms with Crippen molar-refractivity contribution in [1.29, 1.82) is 0 Å². The van der Waals surface area contributed by atoms with E-state index in [1.165, 1.54) is 22.7 Å². The van der Waals surface area contributed by atoms with Gasteiger partial charge in [-0.3, -0.25) is 4.57 Å². The second-order valence-electron chi connectivity index (χ2n) is 9.04. The topological polar surface area (TPSA) is 125 Å². The molecule has 0 amide bonds. The first kappa shape index (κ1) is 28.6. The maximum Gasteiger partial charge on any atom is 0.390 e. The first-order valence-electron chi connectivity index (χ1n) is 11.1. The molecule has 4 rings (SSSR count). The van der Waals surface area contributed by atoms with Crippen molar-refractivity contribution >= 4 is 36.5 Å². The molecule has 1 aliphatic carbocycles. The summed E-state index contributed by atoms with van der Waals surface area (Å²) in [5.74, 6) is -0.0575. The van der Waals surface area contributed by atoms with Crippen molar-refractivity contribution in [1.82, 2.24) is 19.5 Å². The second kappa shape index (κ2) is 10.3. The molecule has 0 saturated heterocycles. The van der Waals surface area contributed by atoms with Crippen LogP contribution in [0.25, 0.3) is 11.2 Å². The fourth-order valence-electron chi connectivity index (χ4n) is 3.59. The number of nitrogens with two attached hydrogens (primary N) is 1. The number of fused-ring (bicyclic) bond motifs is 1. The lowest BCUT2D eigenvalue weighted by Gasteiger charge is -2.25. The highest BCUT2D eigenvalue weighted by Crippen LogP contribution is 2.57. The normalized spacial score (nSPS) is 17.2. The third-order valence-electron chi connectivity index (χ3n) is 5.67. The van der Waals surface area contributed by atoms with Crippen LogP contribution < -0.4 is 5.73 Å². The van der Waals surface area contributed by atoms with Crippen molar-refractivity contribution in [3.05, 3.63) is 36.2 Å². The number of imidazole rings is 1. The molecule has 1 aliphatic rings. The van der Waals surface area contributed by atoms with Gasteiger partial charge in [-0.05, 0) is 31.9 Å². The van der Waals surface area contributed by atoms with Gasteiger partial charge >= 0.3 is 19.9 Å². The highest BCUT2D eigenvalue weighted by atomic mass is 32.2. The maximum atomic E-state index is 12.8.